The summed E-state index contributed by atoms with van der Waals surface area (Å²) in [6.45, 7) is 0.645. The summed E-state index contributed by atoms with van der Waals surface area (Å²) in [5.74, 6) is -0.232. The van der Waals surface area contributed by atoms with Crippen molar-refractivity contribution in [1.29, 1.82) is 0 Å². The van der Waals surface area contributed by atoms with Crippen LogP contribution in [0.4, 0.5) is 0 Å². The van der Waals surface area contributed by atoms with E-state index in [-0.39, 0.29) is 16.6 Å². The number of carboxylic acids is 1. The van der Waals surface area contributed by atoms with Crippen molar-refractivity contribution in [3.63, 3.8) is 0 Å². The summed E-state index contributed by atoms with van der Waals surface area (Å²) >= 11 is 0. The van der Waals surface area contributed by atoms with E-state index in [2.05, 4.69) is 10.2 Å². The Balaban J connectivity index is 1.73. The summed E-state index contributed by atoms with van der Waals surface area (Å²) in [5.41, 5.74) is -0.183. The molecule has 0 radical (unpaired) electrons. The molecule has 0 unspecified atom stereocenters. The summed E-state index contributed by atoms with van der Waals surface area (Å²) < 4.78 is 33.0. The molecule has 3 rings (SSSR count). The van der Waals surface area contributed by atoms with Gasteiger partial charge in [-0.05, 0) is 12.8 Å². The lowest BCUT2D eigenvalue weighted by Gasteiger charge is -2.29. The first-order valence-electron chi connectivity index (χ1n) is 7.05. The SMILES string of the molecule is Cn1cnnc1C1CCN(S(=O)(=O)c2cc(C(=O)O)co2)CC1. The minimum atomic E-state index is -3.82. The van der Waals surface area contributed by atoms with E-state index in [0.29, 0.717) is 25.9 Å². The van der Waals surface area contributed by atoms with Crippen LogP contribution >= 0.6 is 0 Å². The van der Waals surface area contributed by atoms with E-state index in [4.69, 9.17) is 9.52 Å². The second-order valence-electron chi connectivity index (χ2n) is 5.44. The number of sulfonamides is 1. The Morgan fingerprint density at radius 2 is 2.09 bits per heavy atom. The average Bonchev–Trinajstić information content (AvgIpc) is 3.16. The number of nitrogens with zero attached hydrogens (tertiary/aromatic N) is 4. The van der Waals surface area contributed by atoms with Crippen LogP contribution in [0.15, 0.2) is 28.2 Å². The number of furan rings is 1. The molecule has 124 valence electrons. The first kappa shape index (κ1) is 15.7. The Morgan fingerprint density at radius 1 is 1.39 bits per heavy atom. The van der Waals surface area contributed by atoms with Gasteiger partial charge in [0.05, 0.1) is 5.56 Å². The predicted molar refractivity (Wildman–Crippen MR) is 77.4 cm³/mol. The number of carboxylic acid groups (broad SMARTS) is 1. The van der Waals surface area contributed by atoms with E-state index in [9.17, 15) is 13.2 Å². The Kier molecular flexibility index (Phi) is 3.94. The maximum Gasteiger partial charge on any atom is 0.339 e. The van der Waals surface area contributed by atoms with Crippen LogP contribution < -0.4 is 0 Å². The van der Waals surface area contributed by atoms with E-state index in [1.165, 1.54) is 4.31 Å². The average molecular weight is 340 g/mol. The standard InChI is InChI=1S/C13H16N4O5S/c1-16-8-14-15-12(16)9-2-4-17(5-3-9)23(20,21)11-6-10(7-22-11)13(18)19/h6-9H,2-5H2,1H3,(H,18,19). The van der Waals surface area contributed by atoms with Crippen LogP contribution in [0.25, 0.3) is 0 Å². The molecule has 0 aromatic carbocycles. The molecule has 0 spiro atoms. The topological polar surface area (TPSA) is 119 Å². The number of hydrogen-bond acceptors (Lipinski definition) is 6. The molecule has 0 saturated carbocycles. The van der Waals surface area contributed by atoms with Crippen LogP contribution in [-0.2, 0) is 17.1 Å². The molecule has 1 N–H and O–H groups in total. The molecule has 1 fully saturated rings. The first-order valence-corrected chi connectivity index (χ1v) is 8.49. The highest BCUT2D eigenvalue weighted by atomic mass is 32.2. The van der Waals surface area contributed by atoms with Crippen LogP contribution in [0.1, 0.15) is 34.9 Å². The Morgan fingerprint density at radius 3 is 2.61 bits per heavy atom. The second-order valence-corrected chi connectivity index (χ2v) is 7.31. The predicted octanol–water partition coefficient (Wildman–Crippen LogP) is 0.675. The van der Waals surface area contributed by atoms with Gasteiger partial charge >= 0.3 is 5.97 Å². The third-order valence-corrected chi connectivity index (χ3v) is 5.75. The van der Waals surface area contributed by atoms with Crippen molar-refractivity contribution >= 4 is 16.0 Å². The third kappa shape index (κ3) is 2.86. The van der Waals surface area contributed by atoms with Gasteiger partial charge in [-0.3, -0.25) is 0 Å². The van der Waals surface area contributed by atoms with Crippen LogP contribution in [0.2, 0.25) is 0 Å². The van der Waals surface area contributed by atoms with E-state index in [0.717, 1.165) is 18.2 Å². The molecule has 0 amide bonds. The lowest BCUT2D eigenvalue weighted by atomic mass is 9.97. The Hall–Kier alpha value is -2.20. The zero-order chi connectivity index (χ0) is 16.6. The highest BCUT2D eigenvalue weighted by Crippen LogP contribution is 2.29. The molecule has 2 aromatic heterocycles. The number of aromatic carboxylic acids is 1. The number of piperidine rings is 1. The molecule has 3 heterocycles. The fourth-order valence-corrected chi connectivity index (χ4v) is 4.10. The molecule has 1 saturated heterocycles. The second kappa shape index (κ2) is 5.78. The van der Waals surface area contributed by atoms with Crippen molar-refractivity contribution in [1.82, 2.24) is 19.1 Å². The third-order valence-electron chi connectivity index (χ3n) is 3.98. The Bertz CT molecular complexity index is 817. The molecule has 2 aromatic rings. The summed E-state index contributed by atoms with van der Waals surface area (Å²) in [4.78, 5) is 10.8. The van der Waals surface area contributed by atoms with Crippen LogP contribution in [0.5, 0.6) is 0 Å². The quantitative estimate of drug-likeness (QED) is 0.869. The van der Waals surface area contributed by atoms with Crippen molar-refractivity contribution in [3.05, 3.63) is 30.0 Å². The van der Waals surface area contributed by atoms with Crippen molar-refractivity contribution in [2.75, 3.05) is 13.1 Å². The zero-order valence-corrected chi connectivity index (χ0v) is 13.2. The van der Waals surface area contributed by atoms with Gasteiger partial charge in [-0.2, -0.15) is 4.31 Å². The van der Waals surface area contributed by atoms with Gasteiger partial charge in [0.2, 0.25) is 5.09 Å². The monoisotopic (exact) mass is 340 g/mol. The molecule has 0 aliphatic carbocycles. The minimum Gasteiger partial charge on any atom is -0.478 e. The lowest BCUT2D eigenvalue weighted by Crippen LogP contribution is -2.38. The summed E-state index contributed by atoms with van der Waals surface area (Å²) in [5, 5.41) is 16.4. The molecule has 9 nitrogen and oxygen atoms in total. The molecule has 0 atom stereocenters. The number of aromatic nitrogens is 3. The lowest BCUT2D eigenvalue weighted by molar-refractivity contribution is 0.0696. The number of rotatable bonds is 4. The van der Waals surface area contributed by atoms with Gasteiger partial charge in [0.1, 0.15) is 18.4 Å². The summed E-state index contributed by atoms with van der Waals surface area (Å²) in [7, 11) is -1.96. The minimum absolute atomic E-state index is 0.153. The highest BCUT2D eigenvalue weighted by Gasteiger charge is 2.33. The van der Waals surface area contributed by atoms with Crippen molar-refractivity contribution in [2.24, 2.45) is 7.05 Å². The number of aryl methyl sites for hydroxylation is 1. The normalized spacial score (nSPS) is 17.4. The smallest absolute Gasteiger partial charge is 0.339 e. The van der Waals surface area contributed by atoms with Crippen molar-refractivity contribution in [3.8, 4) is 0 Å². The fraction of sp³-hybridized carbons (Fsp3) is 0.462. The molecule has 23 heavy (non-hydrogen) atoms. The van der Waals surface area contributed by atoms with E-state index < -0.39 is 16.0 Å². The zero-order valence-electron chi connectivity index (χ0n) is 12.4. The first-order chi connectivity index (χ1) is 10.9. The molecular formula is C13H16N4O5S. The van der Waals surface area contributed by atoms with Gasteiger partial charge < -0.3 is 14.1 Å². The molecular weight excluding hydrogens is 324 g/mol. The van der Waals surface area contributed by atoms with Gasteiger partial charge in [0.15, 0.2) is 0 Å². The van der Waals surface area contributed by atoms with Gasteiger partial charge in [0.25, 0.3) is 10.0 Å². The van der Waals surface area contributed by atoms with Gasteiger partial charge in [-0.25, -0.2) is 13.2 Å². The van der Waals surface area contributed by atoms with E-state index in [1.807, 2.05) is 11.6 Å². The number of carbonyl (C=O) groups is 1. The van der Waals surface area contributed by atoms with Gasteiger partial charge in [0, 0.05) is 32.1 Å². The highest BCUT2D eigenvalue weighted by molar-refractivity contribution is 7.89. The van der Waals surface area contributed by atoms with E-state index >= 15 is 0 Å². The Labute approximate surface area is 132 Å². The number of hydrogen-bond donors (Lipinski definition) is 1. The molecule has 1 aliphatic heterocycles. The van der Waals surface area contributed by atoms with Crippen molar-refractivity contribution < 1.29 is 22.7 Å². The van der Waals surface area contributed by atoms with Crippen molar-refractivity contribution in [2.45, 2.75) is 23.9 Å². The molecule has 10 heteroatoms. The van der Waals surface area contributed by atoms with E-state index in [1.54, 1.807) is 6.33 Å². The van der Waals surface area contributed by atoms with Crippen LogP contribution in [-0.4, -0.2) is 51.7 Å². The fourth-order valence-electron chi connectivity index (χ4n) is 2.71. The van der Waals surface area contributed by atoms with Gasteiger partial charge in [-0.15, -0.1) is 10.2 Å². The van der Waals surface area contributed by atoms with Gasteiger partial charge in [-0.1, -0.05) is 0 Å². The summed E-state index contributed by atoms with van der Waals surface area (Å²) in [6, 6.07) is 1.03. The van der Waals surface area contributed by atoms with Crippen LogP contribution in [0, 0.1) is 0 Å². The molecule has 0 bridgehead atoms. The maximum atomic E-state index is 12.5. The summed E-state index contributed by atoms with van der Waals surface area (Å²) in [6.07, 6.45) is 3.80. The molecule has 1 aliphatic rings. The maximum absolute atomic E-state index is 12.5. The largest absolute Gasteiger partial charge is 0.478 e. The van der Waals surface area contributed by atoms with Crippen LogP contribution in [0.3, 0.4) is 0 Å².